The monoisotopic (exact) mass is 501 g/mol. The molecular weight excluding hydrogens is 462 g/mol. The van der Waals surface area contributed by atoms with Crippen molar-refractivity contribution in [2.45, 2.75) is 51.9 Å². The van der Waals surface area contributed by atoms with Crippen molar-refractivity contribution < 1.29 is 28.2 Å². The molecular formula is C27H39NO6Si. The molecule has 0 aliphatic heterocycles. The molecule has 2 aromatic rings. The smallest absolute Gasteiger partial charge is 0.335 e. The van der Waals surface area contributed by atoms with Gasteiger partial charge in [0.1, 0.15) is 17.2 Å². The molecule has 2 rings (SSSR count). The summed E-state index contributed by atoms with van der Waals surface area (Å²) in [7, 11) is 2.62. The van der Waals surface area contributed by atoms with Gasteiger partial charge in [0.05, 0.1) is 45.2 Å². The molecule has 0 radical (unpaired) electrons. The van der Waals surface area contributed by atoms with E-state index < -0.39 is 20.3 Å². The molecule has 2 aromatic carbocycles. The Kier molecular flexibility index (Phi) is 9.26. The van der Waals surface area contributed by atoms with E-state index in [0.29, 0.717) is 28.7 Å². The molecule has 0 aliphatic carbocycles. The van der Waals surface area contributed by atoms with Gasteiger partial charge in [0, 0.05) is 6.07 Å². The highest BCUT2D eigenvalue weighted by Gasteiger charge is 2.39. The van der Waals surface area contributed by atoms with Gasteiger partial charge in [-0.3, -0.25) is 0 Å². The number of benzene rings is 2. The number of hydrogen-bond donors (Lipinski definition) is 1. The van der Waals surface area contributed by atoms with Crippen molar-refractivity contribution >= 4 is 20.0 Å². The number of nitrogens with one attached hydrogen (secondary N) is 1. The molecule has 1 atom stereocenters. The highest BCUT2D eigenvalue weighted by molar-refractivity contribution is 6.74. The molecule has 0 aliphatic rings. The lowest BCUT2D eigenvalue weighted by Crippen LogP contribution is -2.44. The van der Waals surface area contributed by atoms with Crippen molar-refractivity contribution in [3.63, 3.8) is 0 Å². The molecule has 0 aromatic heterocycles. The second kappa shape index (κ2) is 11.5. The van der Waals surface area contributed by atoms with Crippen molar-refractivity contribution in [1.29, 1.82) is 0 Å². The highest BCUT2D eigenvalue weighted by Crippen LogP contribution is 2.42. The average Bonchev–Trinajstić information content (AvgIpc) is 2.81. The summed E-state index contributed by atoms with van der Waals surface area (Å²) in [5.41, 5.74) is 1.70. The molecule has 0 bridgehead atoms. The standard InChI is InChI=1S/C27H39NO6Si/c1-11-33-26(29)18(2)25(28-21-14-13-20(30-6)17-23(21)32-8)19-12-15-22(31-7)24(16-19)34-35(9,10)27(3,4)5/h12-17,25,28H,2,11H2,1,3-10H3/t25-/m1/s1. The Hall–Kier alpha value is -3.13. The van der Waals surface area contributed by atoms with Gasteiger partial charge in [-0.15, -0.1) is 0 Å². The van der Waals surface area contributed by atoms with E-state index in [1.165, 1.54) is 0 Å². The minimum atomic E-state index is -2.16. The van der Waals surface area contributed by atoms with E-state index >= 15 is 0 Å². The topological polar surface area (TPSA) is 75.3 Å². The fraction of sp³-hybridized carbons (Fsp3) is 0.444. The van der Waals surface area contributed by atoms with Crippen molar-refractivity contribution in [3.8, 4) is 23.0 Å². The predicted molar refractivity (Wildman–Crippen MR) is 143 cm³/mol. The molecule has 8 heteroatoms. The van der Waals surface area contributed by atoms with E-state index in [9.17, 15) is 4.79 Å². The zero-order valence-electron chi connectivity index (χ0n) is 22.4. The Morgan fingerprint density at radius 3 is 2.17 bits per heavy atom. The lowest BCUT2D eigenvalue weighted by Gasteiger charge is -2.37. The summed E-state index contributed by atoms with van der Waals surface area (Å²) in [6.07, 6.45) is 0. The summed E-state index contributed by atoms with van der Waals surface area (Å²) >= 11 is 0. The van der Waals surface area contributed by atoms with Crippen LogP contribution in [0.3, 0.4) is 0 Å². The van der Waals surface area contributed by atoms with Crippen molar-refractivity contribution in [2.24, 2.45) is 0 Å². The number of carbonyl (C=O) groups excluding carboxylic acids is 1. The Balaban J connectivity index is 2.58. The third kappa shape index (κ3) is 6.72. The maximum atomic E-state index is 12.7. The molecule has 192 valence electrons. The SMILES string of the molecule is C=C(C(=O)OCC)[C@@H](Nc1ccc(OC)cc1OC)c1ccc(OC)c(O[Si](C)(C)C(C)(C)C)c1. The van der Waals surface area contributed by atoms with Crippen LogP contribution in [0.2, 0.25) is 18.1 Å². The third-order valence-corrected chi connectivity index (χ3v) is 10.6. The van der Waals surface area contributed by atoms with Gasteiger partial charge in [-0.05, 0) is 54.9 Å². The van der Waals surface area contributed by atoms with Crippen LogP contribution in [0.25, 0.3) is 0 Å². The number of carbonyl (C=O) groups is 1. The molecule has 1 N–H and O–H groups in total. The zero-order chi connectivity index (χ0) is 26.4. The quantitative estimate of drug-likeness (QED) is 0.218. The van der Waals surface area contributed by atoms with Crippen LogP contribution in [0, 0.1) is 0 Å². The van der Waals surface area contributed by atoms with E-state index in [1.807, 2.05) is 30.3 Å². The lowest BCUT2D eigenvalue weighted by molar-refractivity contribution is -0.138. The van der Waals surface area contributed by atoms with Gasteiger partial charge in [-0.2, -0.15) is 0 Å². The van der Waals surface area contributed by atoms with E-state index in [-0.39, 0.29) is 17.2 Å². The summed E-state index contributed by atoms with van der Waals surface area (Å²) < 4.78 is 28.3. The number of ether oxygens (including phenoxy) is 4. The maximum absolute atomic E-state index is 12.7. The van der Waals surface area contributed by atoms with Gasteiger partial charge in [0.25, 0.3) is 8.32 Å². The zero-order valence-corrected chi connectivity index (χ0v) is 23.4. The minimum Gasteiger partial charge on any atom is -0.541 e. The van der Waals surface area contributed by atoms with Crippen LogP contribution in [-0.2, 0) is 9.53 Å². The third-order valence-electron chi connectivity index (χ3n) is 6.29. The molecule has 0 saturated carbocycles. The first-order chi connectivity index (χ1) is 16.4. The Morgan fingerprint density at radius 1 is 0.971 bits per heavy atom. The summed E-state index contributed by atoms with van der Waals surface area (Å²) in [5, 5.41) is 3.39. The molecule has 7 nitrogen and oxygen atoms in total. The summed E-state index contributed by atoms with van der Waals surface area (Å²) in [4.78, 5) is 12.7. The fourth-order valence-corrected chi connectivity index (χ4v) is 4.18. The van der Waals surface area contributed by atoms with Crippen LogP contribution in [0.1, 0.15) is 39.3 Å². The predicted octanol–water partition coefficient (Wildman–Crippen LogP) is 6.37. The fourth-order valence-electron chi connectivity index (χ4n) is 3.17. The molecule has 0 amide bonds. The summed E-state index contributed by atoms with van der Waals surface area (Å²) in [6.45, 7) is 17.0. The van der Waals surface area contributed by atoms with Gasteiger partial charge in [-0.1, -0.05) is 33.4 Å². The number of anilines is 1. The number of esters is 1. The normalized spacial score (nSPS) is 12.4. The van der Waals surface area contributed by atoms with Crippen LogP contribution in [0.4, 0.5) is 5.69 Å². The Morgan fingerprint density at radius 2 is 1.63 bits per heavy atom. The van der Waals surface area contributed by atoms with Gasteiger partial charge in [0.15, 0.2) is 5.75 Å². The number of rotatable bonds is 11. The van der Waals surface area contributed by atoms with Crippen molar-refractivity contribution in [2.75, 3.05) is 33.3 Å². The lowest BCUT2D eigenvalue weighted by atomic mass is 9.98. The molecule has 0 heterocycles. The van der Waals surface area contributed by atoms with Gasteiger partial charge in [0.2, 0.25) is 0 Å². The summed E-state index contributed by atoms with van der Waals surface area (Å²) in [6, 6.07) is 10.4. The molecule has 35 heavy (non-hydrogen) atoms. The minimum absolute atomic E-state index is 0.00332. The molecule has 0 fully saturated rings. The van der Waals surface area contributed by atoms with E-state index in [0.717, 1.165) is 5.56 Å². The van der Waals surface area contributed by atoms with E-state index in [1.54, 1.807) is 34.3 Å². The number of hydrogen-bond acceptors (Lipinski definition) is 7. The van der Waals surface area contributed by atoms with E-state index in [2.05, 4.69) is 45.8 Å². The largest absolute Gasteiger partial charge is 0.541 e. The van der Waals surface area contributed by atoms with Gasteiger partial charge in [-0.25, -0.2) is 4.79 Å². The van der Waals surface area contributed by atoms with Crippen LogP contribution < -0.4 is 24.0 Å². The first kappa shape index (κ1) is 28.1. The number of methoxy groups -OCH3 is 3. The average molecular weight is 502 g/mol. The Labute approximate surface area is 210 Å². The van der Waals surface area contributed by atoms with Gasteiger partial charge < -0.3 is 28.7 Å². The second-order valence-electron chi connectivity index (χ2n) is 9.66. The maximum Gasteiger partial charge on any atom is 0.335 e. The first-order valence-electron chi connectivity index (χ1n) is 11.6. The van der Waals surface area contributed by atoms with Crippen LogP contribution in [0.15, 0.2) is 48.6 Å². The van der Waals surface area contributed by atoms with Gasteiger partial charge >= 0.3 is 5.97 Å². The van der Waals surface area contributed by atoms with Crippen LogP contribution in [0.5, 0.6) is 23.0 Å². The second-order valence-corrected chi connectivity index (χ2v) is 14.4. The van der Waals surface area contributed by atoms with E-state index in [4.69, 9.17) is 23.4 Å². The summed E-state index contributed by atoms with van der Waals surface area (Å²) in [5.74, 6) is 1.99. The highest BCUT2D eigenvalue weighted by atomic mass is 28.4. The van der Waals surface area contributed by atoms with Crippen LogP contribution in [-0.4, -0.2) is 42.2 Å². The van der Waals surface area contributed by atoms with Crippen molar-refractivity contribution in [3.05, 3.63) is 54.1 Å². The molecule has 0 spiro atoms. The van der Waals surface area contributed by atoms with Crippen molar-refractivity contribution in [1.82, 2.24) is 0 Å². The molecule has 0 saturated heterocycles. The first-order valence-corrected chi connectivity index (χ1v) is 14.5. The van der Waals surface area contributed by atoms with Crippen LogP contribution >= 0.6 is 0 Å². The molecule has 0 unspecified atom stereocenters. The Bertz CT molecular complexity index is 1040.